The van der Waals surface area contributed by atoms with Gasteiger partial charge in [0.2, 0.25) is 5.91 Å². The molecule has 1 saturated carbocycles. The first kappa shape index (κ1) is 22.8. The number of halogens is 1. The van der Waals surface area contributed by atoms with Crippen LogP contribution in [0.15, 0.2) is 35.7 Å². The van der Waals surface area contributed by atoms with Gasteiger partial charge in [-0.3, -0.25) is 19.4 Å². The minimum atomic E-state index is -0.309. The summed E-state index contributed by atoms with van der Waals surface area (Å²) in [6, 6.07) is 9.56. The zero-order chi connectivity index (χ0) is 21.5. The molecule has 1 aromatic carbocycles. The van der Waals surface area contributed by atoms with Gasteiger partial charge in [0, 0.05) is 24.4 Å². The standard InChI is InChI=1S/C22H23N5O2S2.ClH/c1-13-18(31-21(23-13)25-19(28)15-8-9-15)16-12-30-22(24-16)27-11-10-26(2)17(20(27)29)14-6-4-3-5-7-14;/h3-7,12,15,17H,8-11H2,1-2H3,(H,23,25,28);1H. The minimum absolute atomic E-state index is 0. The highest BCUT2D eigenvalue weighted by atomic mass is 35.5. The van der Waals surface area contributed by atoms with E-state index in [1.807, 2.05) is 49.7 Å². The summed E-state index contributed by atoms with van der Waals surface area (Å²) in [5, 5.41) is 6.19. The Morgan fingerprint density at radius 1 is 1.16 bits per heavy atom. The Hall–Kier alpha value is -2.33. The molecule has 1 saturated heterocycles. The lowest BCUT2D eigenvalue weighted by molar-refractivity contribution is -0.125. The molecule has 0 radical (unpaired) electrons. The molecule has 2 fully saturated rings. The number of carbonyl (C=O) groups excluding carboxylic acids is 2. The van der Waals surface area contributed by atoms with Crippen molar-refractivity contribution in [3.63, 3.8) is 0 Å². The number of carbonyl (C=O) groups is 2. The van der Waals surface area contributed by atoms with Gasteiger partial charge in [0.15, 0.2) is 10.3 Å². The summed E-state index contributed by atoms with van der Waals surface area (Å²) < 4.78 is 0. The molecule has 2 aliphatic rings. The Balaban J connectivity index is 0.00000245. The fourth-order valence-corrected chi connectivity index (χ4v) is 5.64. The summed E-state index contributed by atoms with van der Waals surface area (Å²) in [5.74, 6) is 0.229. The molecule has 2 amide bonds. The fourth-order valence-electron chi connectivity index (χ4n) is 3.79. The van der Waals surface area contributed by atoms with Crippen LogP contribution in [0.4, 0.5) is 10.3 Å². The maximum absolute atomic E-state index is 13.3. The van der Waals surface area contributed by atoms with Gasteiger partial charge in [0.1, 0.15) is 6.04 Å². The van der Waals surface area contributed by atoms with Gasteiger partial charge >= 0.3 is 0 Å². The van der Waals surface area contributed by atoms with Gasteiger partial charge in [-0.2, -0.15) is 0 Å². The first-order valence-electron chi connectivity index (χ1n) is 10.3. The average molecular weight is 490 g/mol. The lowest BCUT2D eigenvalue weighted by atomic mass is 10.0. The highest BCUT2D eigenvalue weighted by Crippen LogP contribution is 2.38. The number of benzene rings is 1. The van der Waals surface area contributed by atoms with Crippen molar-refractivity contribution < 1.29 is 9.59 Å². The van der Waals surface area contributed by atoms with E-state index in [0.717, 1.165) is 41.2 Å². The van der Waals surface area contributed by atoms with E-state index in [-0.39, 0.29) is 36.2 Å². The number of thiazole rings is 2. The van der Waals surface area contributed by atoms with Gasteiger partial charge in [-0.05, 0) is 32.4 Å². The smallest absolute Gasteiger partial charge is 0.250 e. The van der Waals surface area contributed by atoms with Crippen LogP contribution in [-0.4, -0.2) is 46.8 Å². The fraction of sp³-hybridized carbons (Fsp3) is 0.364. The maximum Gasteiger partial charge on any atom is 0.250 e. The molecule has 3 aromatic rings. The Labute approximate surface area is 200 Å². The number of nitrogens with one attached hydrogen (secondary N) is 1. The predicted molar refractivity (Wildman–Crippen MR) is 131 cm³/mol. The van der Waals surface area contributed by atoms with Crippen LogP contribution in [0.2, 0.25) is 0 Å². The number of anilines is 2. The van der Waals surface area contributed by atoms with E-state index in [1.54, 1.807) is 4.90 Å². The number of rotatable bonds is 5. The highest BCUT2D eigenvalue weighted by Gasteiger charge is 2.36. The summed E-state index contributed by atoms with van der Waals surface area (Å²) in [6.45, 7) is 3.30. The van der Waals surface area contributed by atoms with E-state index < -0.39 is 0 Å². The van der Waals surface area contributed by atoms with Crippen molar-refractivity contribution in [2.24, 2.45) is 5.92 Å². The molecule has 1 atom stereocenters. The van der Waals surface area contributed by atoms with Crippen molar-refractivity contribution in [1.29, 1.82) is 0 Å². The third kappa shape index (κ3) is 4.43. The van der Waals surface area contributed by atoms with Crippen molar-refractivity contribution in [1.82, 2.24) is 14.9 Å². The van der Waals surface area contributed by atoms with Crippen molar-refractivity contribution in [3.05, 3.63) is 47.0 Å². The SMILES string of the molecule is Cc1nc(NC(=O)C2CC2)sc1-c1csc(N2CCN(C)C(c3ccccc3)C2=O)n1.Cl. The Kier molecular flexibility index (Phi) is 6.62. The molecule has 0 spiro atoms. The zero-order valence-electron chi connectivity index (χ0n) is 17.8. The molecular weight excluding hydrogens is 466 g/mol. The summed E-state index contributed by atoms with van der Waals surface area (Å²) in [5.41, 5.74) is 2.62. The third-order valence-electron chi connectivity index (χ3n) is 5.66. The molecule has 1 aliphatic carbocycles. The molecule has 2 aromatic heterocycles. The number of aromatic nitrogens is 2. The monoisotopic (exact) mass is 489 g/mol. The van der Waals surface area contributed by atoms with Crippen LogP contribution < -0.4 is 10.2 Å². The van der Waals surface area contributed by atoms with Crippen LogP contribution in [0.1, 0.15) is 30.1 Å². The molecule has 1 aliphatic heterocycles. The molecule has 32 heavy (non-hydrogen) atoms. The van der Waals surface area contributed by atoms with Crippen LogP contribution in [0.25, 0.3) is 10.6 Å². The van der Waals surface area contributed by atoms with E-state index in [9.17, 15) is 9.59 Å². The van der Waals surface area contributed by atoms with Gasteiger partial charge < -0.3 is 5.32 Å². The summed E-state index contributed by atoms with van der Waals surface area (Å²) >= 11 is 2.90. The number of piperazine rings is 1. The van der Waals surface area contributed by atoms with Crippen molar-refractivity contribution >= 4 is 57.2 Å². The summed E-state index contributed by atoms with van der Waals surface area (Å²) in [6.07, 6.45) is 1.92. The summed E-state index contributed by atoms with van der Waals surface area (Å²) in [7, 11) is 1.98. The molecule has 168 valence electrons. The minimum Gasteiger partial charge on any atom is -0.302 e. The van der Waals surface area contributed by atoms with E-state index in [0.29, 0.717) is 16.8 Å². The Morgan fingerprint density at radius 2 is 1.91 bits per heavy atom. The molecular formula is C22H24ClN5O2S2. The number of aryl methyl sites for hydroxylation is 1. The topological polar surface area (TPSA) is 78.4 Å². The van der Waals surface area contributed by atoms with Crippen LogP contribution in [0, 0.1) is 12.8 Å². The molecule has 5 rings (SSSR count). The van der Waals surface area contributed by atoms with Gasteiger partial charge in [0.05, 0.1) is 16.3 Å². The average Bonchev–Trinajstić information content (AvgIpc) is 3.40. The van der Waals surface area contributed by atoms with E-state index in [1.165, 1.54) is 22.7 Å². The zero-order valence-corrected chi connectivity index (χ0v) is 20.2. The van der Waals surface area contributed by atoms with E-state index in [4.69, 9.17) is 4.98 Å². The van der Waals surface area contributed by atoms with E-state index in [2.05, 4.69) is 15.2 Å². The predicted octanol–water partition coefficient (Wildman–Crippen LogP) is 4.37. The molecule has 1 unspecified atom stereocenters. The normalized spacial score (nSPS) is 19.0. The largest absolute Gasteiger partial charge is 0.302 e. The van der Waals surface area contributed by atoms with Gasteiger partial charge in [-0.25, -0.2) is 9.97 Å². The Morgan fingerprint density at radius 3 is 2.62 bits per heavy atom. The van der Waals surface area contributed by atoms with Gasteiger partial charge in [0.25, 0.3) is 5.91 Å². The number of hydrogen-bond acceptors (Lipinski definition) is 7. The second kappa shape index (κ2) is 9.27. The van der Waals surface area contributed by atoms with Crippen LogP contribution in [0.3, 0.4) is 0 Å². The molecule has 0 bridgehead atoms. The lowest BCUT2D eigenvalue weighted by Gasteiger charge is -2.37. The molecule has 10 heteroatoms. The van der Waals surface area contributed by atoms with Crippen molar-refractivity contribution in [2.45, 2.75) is 25.8 Å². The van der Waals surface area contributed by atoms with Gasteiger partial charge in [-0.1, -0.05) is 41.7 Å². The molecule has 1 N–H and O–H groups in total. The number of hydrogen-bond donors (Lipinski definition) is 1. The molecule has 3 heterocycles. The molecule has 7 nitrogen and oxygen atoms in total. The van der Waals surface area contributed by atoms with Crippen molar-refractivity contribution in [3.8, 4) is 10.6 Å². The number of likely N-dealkylation sites (N-methyl/N-ethyl adjacent to an activating group) is 1. The van der Waals surface area contributed by atoms with Crippen LogP contribution in [-0.2, 0) is 9.59 Å². The maximum atomic E-state index is 13.3. The second-order valence-electron chi connectivity index (χ2n) is 8.00. The van der Waals surface area contributed by atoms with Crippen molar-refractivity contribution in [2.75, 3.05) is 30.4 Å². The van der Waals surface area contributed by atoms with Crippen LogP contribution >= 0.6 is 35.1 Å². The highest BCUT2D eigenvalue weighted by molar-refractivity contribution is 7.20. The first-order valence-corrected chi connectivity index (χ1v) is 12.0. The van der Waals surface area contributed by atoms with Crippen LogP contribution in [0.5, 0.6) is 0 Å². The lowest BCUT2D eigenvalue weighted by Crippen LogP contribution is -2.51. The number of amides is 2. The van der Waals surface area contributed by atoms with E-state index >= 15 is 0 Å². The quantitative estimate of drug-likeness (QED) is 0.576. The number of nitrogens with zero attached hydrogens (tertiary/aromatic N) is 4. The van der Waals surface area contributed by atoms with Gasteiger partial charge in [-0.15, -0.1) is 23.7 Å². The first-order chi connectivity index (χ1) is 15.0. The second-order valence-corrected chi connectivity index (χ2v) is 9.83. The third-order valence-corrected chi connectivity index (χ3v) is 7.62. The Bertz CT molecular complexity index is 1130. The summed E-state index contributed by atoms with van der Waals surface area (Å²) in [4.78, 5) is 39.5.